The molecule has 23 heavy (non-hydrogen) atoms. The summed E-state index contributed by atoms with van der Waals surface area (Å²) in [7, 11) is 0. The Labute approximate surface area is 134 Å². The fourth-order valence-electron chi connectivity index (χ4n) is 2.00. The van der Waals surface area contributed by atoms with Crippen molar-refractivity contribution >= 4 is 5.78 Å². The van der Waals surface area contributed by atoms with E-state index in [0.717, 1.165) is 11.6 Å². The summed E-state index contributed by atoms with van der Waals surface area (Å²) in [6, 6.07) is 13.6. The minimum Gasteiger partial charge on any atom is -0.491 e. The van der Waals surface area contributed by atoms with Crippen molar-refractivity contribution in [3.63, 3.8) is 0 Å². The second-order valence-electron chi connectivity index (χ2n) is 5.16. The fourth-order valence-corrected chi connectivity index (χ4v) is 2.00. The van der Waals surface area contributed by atoms with E-state index in [1.165, 1.54) is 19.1 Å². The molecular weight excluding hydrogens is 299 g/mol. The second-order valence-corrected chi connectivity index (χ2v) is 5.16. The van der Waals surface area contributed by atoms with Gasteiger partial charge in [-0.25, -0.2) is 4.39 Å². The molecule has 0 spiro atoms. The van der Waals surface area contributed by atoms with Crippen molar-refractivity contribution in [1.82, 2.24) is 0 Å². The standard InChI is InChI=1S/C18H19FO4/c1-13(20)17-8-7-16(9-18(17)19)23-12-15(21)11-22-10-14-5-3-2-4-6-14/h2-9,15,21H,10-12H2,1H3. The predicted molar refractivity (Wildman–Crippen MR) is 84.0 cm³/mol. The topological polar surface area (TPSA) is 55.8 Å². The summed E-state index contributed by atoms with van der Waals surface area (Å²) >= 11 is 0. The molecule has 0 saturated heterocycles. The summed E-state index contributed by atoms with van der Waals surface area (Å²) in [6.07, 6.45) is -0.825. The maximum absolute atomic E-state index is 13.6. The molecular formula is C18H19FO4. The Morgan fingerprint density at radius 2 is 1.91 bits per heavy atom. The maximum atomic E-state index is 13.6. The van der Waals surface area contributed by atoms with Crippen molar-refractivity contribution < 1.29 is 23.8 Å². The van der Waals surface area contributed by atoms with E-state index in [2.05, 4.69) is 0 Å². The van der Waals surface area contributed by atoms with Crippen molar-refractivity contribution in [1.29, 1.82) is 0 Å². The first-order chi connectivity index (χ1) is 11.1. The van der Waals surface area contributed by atoms with Gasteiger partial charge < -0.3 is 14.6 Å². The van der Waals surface area contributed by atoms with Crippen LogP contribution in [-0.2, 0) is 11.3 Å². The van der Waals surface area contributed by atoms with Crippen molar-refractivity contribution in [3.05, 3.63) is 65.5 Å². The monoisotopic (exact) mass is 318 g/mol. The van der Waals surface area contributed by atoms with Crippen LogP contribution in [0.1, 0.15) is 22.8 Å². The summed E-state index contributed by atoms with van der Waals surface area (Å²) in [5.74, 6) is -0.720. The number of hydrogen-bond donors (Lipinski definition) is 1. The highest BCUT2D eigenvalue weighted by molar-refractivity contribution is 5.94. The van der Waals surface area contributed by atoms with Gasteiger partial charge >= 0.3 is 0 Å². The molecule has 0 aliphatic rings. The predicted octanol–water partition coefficient (Wildman–Crippen LogP) is 2.98. The number of halogens is 1. The SMILES string of the molecule is CC(=O)c1ccc(OCC(O)COCc2ccccc2)cc1F. The van der Waals surface area contributed by atoms with Crippen LogP contribution in [0.5, 0.6) is 5.75 Å². The zero-order valence-corrected chi connectivity index (χ0v) is 12.9. The van der Waals surface area contributed by atoms with Crippen LogP contribution in [0.15, 0.2) is 48.5 Å². The molecule has 122 valence electrons. The van der Waals surface area contributed by atoms with E-state index in [1.54, 1.807) is 0 Å². The van der Waals surface area contributed by atoms with Gasteiger partial charge in [0.1, 0.15) is 24.3 Å². The van der Waals surface area contributed by atoms with Crippen LogP contribution in [0.4, 0.5) is 4.39 Å². The van der Waals surface area contributed by atoms with E-state index >= 15 is 0 Å². The molecule has 0 amide bonds. The number of rotatable bonds is 8. The van der Waals surface area contributed by atoms with Gasteiger partial charge in [-0.2, -0.15) is 0 Å². The maximum Gasteiger partial charge on any atom is 0.162 e. The molecule has 0 aromatic heterocycles. The summed E-state index contributed by atoms with van der Waals surface area (Å²) in [4.78, 5) is 11.1. The van der Waals surface area contributed by atoms with Gasteiger partial charge in [-0.05, 0) is 24.6 Å². The molecule has 0 bridgehead atoms. The summed E-state index contributed by atoms with van der Waals surface area (Å²) in [5, 5.41) is 9.80. The zero-order chi connectivity index (χ0) is 16.7. The van der Waals surface area contributed by atoms with E-state index in [0.29, 0.717) is 6.61 Å². The summed E-state index contributed by atoms with van der Waals surface area (Å²) < 4.78 is 24.3. The Hall–Kier alpha value is -2.24. The van der Waals surface area contributed by atoms with Crippen molar-refractivity contribution in [2.45, 2.75) is 19.6 Å². The highest BCUT2D eigenvalue weighted by atomic mass is 19.1. The van der Waals surface area contributed by atoms with E-state index in [-0.39, 0.29) is 30.3 Å². The number of aliphatic hydroxyl groups is 1. The first-order valence-corrected chi connectivity index (χ1v) is 7.29. The van der Waals surface area contributed by atoms with Crippen molar-refractivity contribution in [2.75, 3.05) is 13.2 Å². The van der Waals surface area contributed by atoms with E-state index in [4.69, 9.17) is 9.47 Å². The number of carbonyl (C=O) groups excluding carboxylic acids is 1. The molecule has 0 heterocycles. The van der Waals surface area contributed by atoms with Crippen LogP contribution in [0.2, 0.25) is 0 Å². The number of Topliss-reactive ketones (excluding diaryl/α,β-unsaturated/α-hetero) is 1. The second kappa shape index (κ2) is 8.41. The average molecular weight is 318 g/mol. The van der Waals surface area contributed by atoms with Crippen LogP contribution in [0, 0.1) is 5.82 Å². The molecule has 0 aliphatic carbocycles. The van der Waals surface area contributed by atoms with Crippen LogP contribution in [-0.4, -0.2) is 30.2 Å². The Kier molecular flexibility index (Phi) is 6.26. The molecule has 0 aliphatic heterocycles. The lowest BCUT2D eigenvalue weighted by molar-refractivity contribution is 0.00544. The lowest BCUT2D eigenvalue weighted by Crippen LogP contribution is -2.23. The molecule has 5 heteroatoms. The normalized spacial score (nSPS) is 12.0. The molecule has 2 rings (SSSR count). The molecule has 2 aromatic carbocycles. The van der Waals surface area contributed by atoms with Gasteiger partial charge in [0, 0.05) is 6.07 Å². The fraction of sp³-hybridized carbons (Fsp3) is 0.278. The van der Waals surface area contributed by atoms with E-state index < -0.39 is 11.9 Å². The van der Waals surface area contributed by atoms with Crippen LogP contribution < -0.4 is 4.74 Å². The third-order valence-corrected chi connectivity index (χ3v) is 3.18. The third kappa shape index (κ3) is 5.47. The number of ketones is 1. The first kappa shape index (κ1) is 17.1. The summed E-state index contributed by atoms with van der Waals surface area (Å²) in [5.41, 5.74) is 1.03. The third-order valence-electron chi connectivity index (χ3n) is 3.18. The molecule has 4 nitrogen and oxygen atoms in total. The minimum atomic E-state index is -0.825. The lowest BCUT2D eigenvalue weighted by atomic mass is 10.1. The first-order valence-electron chi connectivity index (χ1n) is 7.29. The van der Waals surface area contributed by atoms with Gasteiger partial charge in [0.25, 0.3) is 0 Å². The van der Waals surface area contributed by atoms with Gasteiger partial charge in [-0.1, -0.05) is 30.3 Å². The Morgan fingerprint density at radius 3 is 2.57 bits per heavy atom. The molecule has 0 fully saturated rings. The minimum absolute atomic E-state index is 0.0177. The number of ether oxygens (including phenoxy) is 2. The van der Waals surface area contributed by atoms with Crippen molar-refractivity contribution in [3.8, 4) is 5.75 Å². The van der Waals surface area contributed by atoms with Crippen molar-refractivity contribution in [2.24, 2.45) is 0 Å². The lowest BCUT2D eigenvalue weighted by Gasteiger charge is -2.13. The van der Waals surface area contributed by atoms with Crippen LogP contribution >= 0.6 is 0 Å². The summed E-state index contributed by atoms with van der Waals surface area (Å²) in [6.45, 7) is 1.79. The number of hydrogen-bond acceptors (Lipinski definition) is 4. The average Bonchev–Trinajstić information content (AvgIpc) is 2.53. The Bertz CT molecular complexity index is 643. The van der Waals surface area contributed by atoms with E-state index in [9.17, 15) is 14.3 Å². The van der Waals surface area contributed by atoms with Gasteiger partial charge in [0.15, 0.2) is 5.78 Å². The van der Waals surface area contributed by atoms with Gasteiger partial charge in [-0.15, -0.1) is 0 Å². The largest absolute Gasteiger partial charge is 0.491 e. The zero-order valence-electron chi connectivity index (χ0n) is 12.9. The number of carbonyl (C=O) groups is 1. The number of benzene rings is 2. The molecule has 1 unspecified atom stereocenters. The molecule has 2 aromatic rings. The highest BCUT2D eigenvalue weighted by Gasteiger charge is 2.10. The van der Waals surface area contributed by atoms with Gasteiger partial charge in [-0.3, -0.25) is 4.79 Å². The van der Waals surface area contributed by atoms with E-state index in [1.807, 2.05) is 30.3 Å². The molecule has 0 saturated carbocycles. The smallest absolute Gasteiger partial charge is 0.162 e. The number of aliphatic hydroxyl groups excluding tert-OH is 1. The van der Waals surface area contributed by atoms with Crippen LogP contribution in [0.3, 0.4) is 0 Å². The van der Waals surface area contributed by atoms with Gasteiger partial charge in [0.05, 0.1) is 18.8 Å². The Morgan fingerprint density at radius 1 is 1.17 bits per heavy atom. The molecule has 1 atom stereocenters. The highest BCUT2D eigenvalue weighted by Crippen LogP contribution is 2.17. The molecule has 1 N–H and O–H groups in total. The Balaban J connectivity index is 1.75. The van der Waals surface area contributed by atoms with Crippen LogP contribution in [0.25, 0.3) is 0 Å². The quantitative estimate of drug-likeness (QED) is 0.760. The molecule has 0 radical (unpaired) electrons. The van der Waals surface area contributed by atoms with Gasteiger partial charge in [0.2, 0.25) is 0 Å².